The first kappa shape index (κ1) is 13.7. The lowest BCUT2D eigenvalue weighted by atomic mass is 10.2. The molecule has 0 N–H and O–H groups in total. The summed E-state index contributed by atoms with van der Waals surface area (Å²) in [4.78, 5) is 26.3. The third kappa shape index (κ3) is 2.51. The molecular weight excluding hydrogens is 270 g/mol. The molecule has 21 heavy (non-hydrogen) atoms. The Balaban J connectivity index is 1.90. The van der Waals surface area contributed by atoms with E-state index >= 15 is 0 Å². The van der Waals surface area contributed by atoms with Gasteiger partial charge in [-0.15, -0.1) is 0 Å². The highest BCUT2D eigenvalue weighted by Crippen LogP contribution is 2.29. The summed E-state index contributed by atoms with van der Waals surface area (Å²) < 4.78 is 5.37. The maximum absolute atomic E-state index is 11.9. The van der Waals surface area contributed by atoms with Crippen LogP contribution >= 0.6 is 0 Å². The lowest BCUT2D eigenvalue weighted by Crippen LogP contribution is -2.29. The van der Waals surface area contributed by atoms with E-state index in [0.717, 1.165) is 24.9 Å². The second-order valence-electron chi connectivity index (χ2n) is 5.13. The Morgan fingerprint density at radius 1 is 1.48 bits per heavy atom. The molecule has 2 aromatic rings. The van der Waals surface area contributed by atoms with Gasteiger partial charge in [-0.25, -0.2) is 9.97 Å². The summed E-state index contributed by atoms with van der Waals surface area (Å²) in [6.45, 7) is 4.66. The Labute approximate surface area is 122 Å². The molecule has 3 heterocycles. The first-order chi connectivity index (χ1) is 10.2. The number of rotatable bonds is 4. The van der Waals surface area contributed by atoms with Crippen molar-refractivity contribution in [3.63, 3.8) is 0 Å². The van der Waals surface area contributed by atoms with Crippen molar-refractivity contribution < 1.29 is 9.32 Å². The summed E-state index contributed by atoms with van der Waals surface area (Å²) in [6, 6.07) is -0.150. The summed E-state index contributed by atoms with van der Waals surface area (Å²) in [5.74, 6) is 1.07. The molecular formula is C14H17N5O2. The molecule has 110 valence electrons. The van der Waals surface area contributed by atoms with Crippen molar-refractivity contribution in [1.82, 2.24) is 25.0 Å². The van der Waals surface area contributed by atoms with Gasteiger partial charge >= 0.3 is 0 Å². The third-order valence-corrected chi connectivity index (χ3v) is 3.71. The van der Waals surface area contributed by atoms with Crippen LogP contribution in [0.3, 0.4) is 0 Å². The Morgan fingerprint density at radius 3 is 3.00 bits per heavy atom. The highest BCUT2D eigenvalue weighted by Gasteiger charge is 2.31. The van der Waals surface area contributed by atoms with Gasteiger partial charge in [0.25, 0.3) is 0 Å². The molecule has 0 aliphatic carbocycles. The van der Waals surface area contributed by atoms with Gasteiger partial charge in [0.15, 0.2) is 0 Å². The zero-order valence-electron chi connectivity index (χ0n) is 12.1. The third-order valence-electron chi connectivity index (χ3n) is 3.71. The Hall–Kier alpha value is -2.31. The molecule has 0 spiro atoms. The molecule has 1 aliphatic rings. The minimum atomic E-state index is -0.150. The van der Waals surface area contributed by atoms with E-state index < -0.39 is 0 Å². The van der Waals surface area contributed by atoms with Crippen molar-refractivity contribution in [3.8, 4) is 11.5 Å². The van der Waals surface area contributed by atoms with Gasteiger partial charge in [0.2, 0.25) is 17.6 Å². The molecule has 2 aromatic heterocycles. The molecule has 3 rings (SSSR count). The Kier molecular flexibility index (Phi) is 3.64. The molecule has 1 atom stereocenters. The van der Waals surface area contributed by atoms with E-state index in [2.05, 4.69) is 20.1 Å². The maximum atomic E-state index is 11.9. The summed E-state index contributed by atoms with van der Waals surface area (Å²) in [5, 5.41) is 4.00. The van der Waals surface area contributed by atoms with Crippen molar-refractivity contribution in [2.75, 3.05) is 6.54 Å². The minimum absolute atomic E-state index is 0.150. The van der Waals surface area contributed by atoms with Crippen LogP contribution in [0.15, 0.2) is 17.0 Å². The number of nitrogens with zero attached hydrogens (tertiary/aromatic N) is 5. The van der Waals surface area contributed by atoms with Gasteiger partial charge in [0.05, 0.1) is 0 Å². The molecule has 1 saturated heterocycles. The van der Waals surface area contributed by atoms with Crippen molar-refractivity contribution in [1.29, 1.82) is 0 Å². The van der Waals surface area contributed by atoms with E-state index in [0.29, 0.717) is 23.8 Å². The maximum Gasteiger partial charge on any atom is 0.249 e. The number of amides is 1. The number of carbonyl (C=O) groups is 1. The average Bonchev–Trinajstić information content (AvgIpc) is 3.11. The van der Waals surface area contributed by atoms with E-state index in [9.17, 15) is 4.79 Å². The largest absolute Gasteiger partial charge is 0.337 e. The summed E-state index contributed by atoms with van der Waals surface area (Å²) >= 11 is 0. The van der Waals surface area contributed by atoms with Crippen molar-refractivity contribution in [2.24, 2.45) is 0 Å². The molecule has 0 bridgehead atoms. The minimum Gasteiger partial charge on any atom is -0.337 e. The van der Waals surface area contributed by atoms with Gasteiger partial charge in [-0.05, 0) is 25.3 Å². The molecule has 0 aromatic carbocycles. The van der Waals surface area contributed by atoms with E-state index in [-0.39, 0.29) is 11.9 Å². The van der Waals surface area contributed by atoms with Gasteiger partial charge in [0, 0.05) is 19.2 Å². The second-order valence-corrected chi connectivity index (χ2v) is 5.13. The average molecular weight is 287 g/mol. The molecule has 1 fully saturated rings. The standard InChI is InChI=1S/C14H17N5O2/c1-3-10(19-6-4-5-11(19)20)14-17-13(18-21-14)12-9(2)7-15-8-16-12/h7-8,10H,3-6H2,1-2H3. The van der Waals surface area contributed by atoms with Crippen LogP contribution in [0.1, 0.15) is 43.7 Å². The predicted octanol–water partition coefficient (Wildman–Crippen LogP) is 1.91. The fourth-order valence-electron chi connectivity index (χ4n) is 2.63. The van der Waals surface area contributed by atoms with Crippen LogP contribution in [0.4, 0.5) is 0 Å². The fraction of sp³-hybridized carbons (Fsp3) is 0.500. The van der Waals surface area contributed by atoms with Crippen LogP contribution in [-0.2, 0) is 4.79 Å². The molecule has 7 nitrogen and oxygen atoms in total. The molecule has 0 radical (unpaired) electrons. The zero-order valence-corrected chi connectivity index (χ0v) is 12.1. The SMILES string of the molecule is CCC(c1nc(-c2ncncc2C)no1)N1CCCC1=O. The van der Waals surface area contributed by atoms with E-state index in [4.69, 9.17) is 4.52 Å². The van der Waals surface area contributed by atoms with Gasteiger partial charge in [-0.3, -0.25) is 4.79 Å². The highest BCUT2D eigenvalue weighted by molar-refractivity contribution is 5.78. The van der Waals surface area contributed by atoms with Crippen molar-refractivity contribution in [3.05, 3.63) is 24.0 Å². The Bertz CT molecular complexity index is 654. The summed E-state index contributed by atoms with van der Waals surface area (Å²) in [6.07, 6.45) is 5.40. The lowest BCUT2D eigenvalue weighted by molar-refractivity contribution is -0.130. The smallest absolute Gasteiger partial charge is 0.249 e. The van der Waals surface area contributed by atoms with Crippen molar-refractivity contribution >= 4 is 5.91 Å². The normalized spacial score (nSPS) is 16.5. The summed E-state index contributed by atoms with van der Waals surface area (Å²) in [7, 11) is 0. The second kappa shape index (κ2) is 5.59. The van der Waals surface area contributed by atoms with Gasteiger partial charge in [-0.2, -0.15) is 4.98 Å². The van der Waals surface area contributed by atoms with Crippen LogP contribution in [0.2, 0.25) is 0 Å². The van der Waals surface area contributed by atoms with Crippen LogP contribution in [0.5, 0.6) is 0 Å². The molecule has 1 unspecified atom stereocenters. The number of carbonyl (C=O) groups excluding carboxylic acids is 1. The zero-order chi connectivity index (χ0) is 14.8. The monoisotopic (exact) mass is 287 g/mol. The number of aromatic nitrogens is 4. The number of hydrogen-bond donors (Lipinski definition) is 0. The quantitative estimate of drug-likeness (QED) is 0.854. The van der Waals surface area contributed by atoms with E-state index in [1.54, 1.807) is 6.20 Å². The number of likely N-dealkylation sites (tertiary alicyclic amines) is 1. The van der Waals surface area contributed by atoms with Crippen molar-refractivity contribution in [2.45, 2.75) is 39.2 Å². The molecule has 7 heteroatoms. The lowest BCUT2D eigenvalue weighted by Gasteiger charge is -2.23. The van der Waals surface area contributed by atoms with E-state index in [1.807, 2.05) is 18.7 Å². The van der Waals surface area contributed by atoms with Gasteiger partial charge in [-0.1, -0.05) is 12.1 Å². The topological polar surface area (TPSA) is 85.0 Å². The number of hydrogen-bond acceptors (Lipinski definition) is 6. The molecule has 0 saturated carbocycles. The van der Waals surface area contributed by atoms with Crippen LogP contribution in [0.25, 0.3) is 11.5 Å². The highest BCUT2D eigenvalue weighted by atomic mass is 16.5. The molecule has 1 amide bonds. The first-order valence-electron chi connectivity index (χ1n) is 7.10. The first-order valence-corrected chi connectivity index (χ1v) is 7.10. The number of aryl methyl sites for hydroxylation is 1. The van der Waals surface area contributed by atoms with Crippen LogP contribution < -0.4 is 0 Å². The van der Waals surface area contributed by atoms with E-state index in [1.165, 1.54) is 6.33 Å². The molecule has 1 aliphatic heterocycles. The predicted molar refractivity (Wildman–Crippen MR) is 74.0 cm³/mol. The van der Waals surface area contributed by atoms with Gasteiger partial charge in [0.1, 0.15) is 18.1 Å². The van der Waals surface area contributed by atoms with Gasteiger partial charge < -0.3 is 9.42 Å². The van der Waals surface area contributed by atoms with Crippen LogP contribution in [-0.4, -0.2) is 37.5 Å². The Morgan fingerprint density at radius 2 is 2.33 bits per heavy atom. The fourth-order valence-corrected chi connectivity index (χ4v) is 2.63. The summed E-state index contributed by atoms with van der Waals surface area (Å²) in [5.41, 5.74) is 1.54. The van der Waals surface area contributed by atoms with Crippen LogP contribution in [0, 0.1) is 6.92 Å².